The molecule has 0 heterocycles. The average Bonchev–Trinajstić information content (AvgIpc) is 2.31. The summed E-state index contributed by atoms with van der Waals surface area (Å²) in [5.74, 6) is -0.204. The smallest absolute Gasteiger partial charge is 0.130 e. The molecule has 0 amide bonds. The van der Waals surface area contributed by atoms with E-state index in [1.165, 1.54) is 12.1 Å². The van der Waals surface area contributed by atoms with Crippen LogP contribution in [-0.4, -0.2) is 22.8 Å². The van der Waals surface area contributed by atoms with Crippen molar-refractivity contribution >= 4 is 12.6 Å². The lowest BCUT2D eigenvalue weighted by molar-refractivity contribution is -0.112. The fourth-order valence-corrected chi connectivity index (χ4v) is 1.74. The lowest BCUT2D eigenvalue weighted by Gasteiger charge is -2.24. The molecule has 0 bridgehead atoms. The van der Waals surface area contributed by atoms with Crippen molar-refractivity contribution in [2.45, 2.75) is 38.5 Å². The number of carbonyl (C=O) groups excluding carboxylic acids is 2. The lowest BCUT2D eigenvalue weighted by atomic mass is 9.80. The molecule has 0 saturated carbocycles. The van der Waals surface area contributed by atoms with Crippen molar-refractivity contribution in [3.63, 3.8) is 0 Å². The number of benzene rings is 1. The van der Waals surface area contributed by atoms with Gasteiger partial charge in [-0.2, -0.15) is 0 Å². The summed E-state index contributed by atoms with van der Waals surface area (Å²) in [5, 5.41) is 19.9. The summed E-state index contributed by atoms with van der Waals surface area (Å²) >= 11 is 0. The quantitative estimate of drug-likeness (QED) is 0.633. The minimum atomic E-state index is -0.897. The first-order chi connectivity index (χ1) is 8.15. The second-order valence-corrected chi connectivity index (χ2v) is 5.57. The van der Waals surface area contributed by atoms with Crippen LogP contribution in [0.4, 0.5) is 0 Å². The van der Waals surface area contributed by atoms with Crippen LogP contribution in [0.25, 0.3) is 0 Å². The van der Waals surface area contributed by atoms with Crippen LogP contribution in [0.1, 0.15) is 38.8 Å². The van der Waals surface area contributed by atoms with Crippen LogP contribution >= 0.6 is 0 Å². The molecular formula is C14H18O4. The topological polar surface area (TPSA) is 74.6 Å². The first kappa shape index (κ1) is 14.2. The van der Waals surface area contributed by atoms with Gasteiger partial charge in [-0.15, -0.1) is 0 Å². The average molecular weight is 250 g/mol. The molecule has 4 nitrogen and oxygen atoms in total. The van der Waals surface area contributed by atoms with Crippen molar-refractivity contribution in [1.82, 2.24) is 0 Å². The predicted molar refractivity (Wildman–Crippen MR) is 68.0 cm³/mol. The van der Waals surface area contributed by atoms with Crippen molar-refractivity contribution in [3.8, 4) is 11.5 Å². The van der Waals surface area contributed by atoms with E-state index in [0.29, 0.717) is 23.7 Å². The molecule has 0 aliphatic heterocycles. The zero-order chi connectivity index (χ0) is 14.1. The first-order valence-corrected chi connectivity index (χ1v) is 5.65. The van der Waals surface area contributed by atoms with Crippen molar-refractivity contribution in [1.29, 1.82) is 0 Å². The van der Waals surface area contributed by atoms with Crippen molar-refractivity contribution in [2.24, 2.45) is 0 Å². The number of phenols is 2. The highest BCUT2D eigenvalue weighted by Gasteiger charge is 2.29. The van der Waals surface area contributed by atoms with E-state index in [1.54, 1.807) is 27.7 Å². The fraction of sp³-hybridized carbons (Fsp3) is 0.429. The Labute approximate surface area is 106 Å². The Balaban J connectivity index is 3.47. The monoisotopic (exact) mass is 250 g/mol. The van der Waals surface area contributed by atoms with Crippen molar-refractivity contribution < 1.29 is 19.8 Å². The Morgan fingerprint density at radius 3 is 1.33 bits per heavy atom. The van der Waals surface area contributed by atoms with Gasteiger partial charge in [0.2, 0.25) is 0 Å². The van der Waals surface area contributed by atoms with E-state index in [2.05, 4.69) is 0 Å². The van der Waals surface area contributed by atoms with Gasteiger partial charge in [0.15, 0.2) is 0 Å². The maximum Gasteiger partial charge on any atom is 0.130 e. The first-order valence-electron chi connectivity index (χ1n) is 5.65. The fourth-order valence-electron chi connectivity index (χ4n) is 1.74. The Morgan fingerprint density at radius 2 is 1.11 bits per heavy atom. The molecule has 0 aliphatic carbocycles. The molecule has 0 radical (unpaired) electrons. The van der Waals surface area contributed by atoms with Gasteiger partial charge in [0.1, 0.15) is 24.1 Å². The molecule has 2 N–H and O–H groups in total. The third-order valence-electron chi connectivity index (χ3n) is 3.09. The molecule has 0 fully saturated rings. The predicted octanol–water partition coefficient (Wildman–Crippen LogP) is 2.05. The Hall–Kier alpha value is -1.84. The summed E-state index contributed by atoms with van der Waals surface area (Å²) in [5.41, 5.74) is -1.13. The van der Waals surface area contributed by atoms with E-state index in [-0.39, 0.29) is 11.5 Å². The summed E-state index contributed by atoms with van der Waals surface area (Å²) in [6.07, 6.45) is 1.40. The van der Waals surface area contributed by atoms with Gasteiger partial charge in [-0.05, 0) is 39.8 Å². The molecule has 4 heteroatoms. The molecule has 1 rings (SSSR count). The van der Waals surface area contributed by atoms with Crippen LogP contribution in [-0.2, 0) is 20.4 Å². The number of hydrogen-bond donors (Lipinski definition) is 2. The number of aromatic hydroxyl groups is 2. The number of phenolic OH excluding ortho intramolecular Hbond substituents is 2. The minimum Gasteiger partial charge on any atom is -0.508 e. The number of rotatable bonds is 4. The highest BCUT2D eigenvalue weighted by molar-refractivity contribution is 5.73. The molecule has 1 aromatic rings. The summed E-state index contributed by atoms with van der Waals surface area (Å²) in [7, 11) is 0. The van der Waals surface area contributed by atoms with E-state index < -0.39 is 10.8 Å². The summed E-state index contributed by atoms with van der Waals surface area (Å²) in [6, 6.07) is 2.68. The summed E-state index contributed by atoms with van der Waals surface area (Å²) in [4.78, 5) is 22.0. The maximum absolute atomic E-state index is 11.0. The van der Waals surface area contributed by atoms with Crippen LogP contribution in [0, 0.1) is 0 Å². The molecule has 98 valence electrons. The molecule has 18 heavy (non-hydrogen) atoms. The third kappa shape index (κ3) is 2.37. The molecule has 0 saturated heterocycles. The van der Waals surface area contributed by atoms with Crippen LogP contribution in [0.15, 0.2) is 12.1 Å². The molecule has 0 aromatic heterocycles. The Morgan fingerprint density at radius 1 is 0.833 bits per heavy atom. The molecule has 0 unspecified atom stereocenters. The second-order valence-electron chi connectivity index (χ2n) is 5.57. The van der Waals surface area contributed by atoms with E-state index in [0.717, 1.165) is 0 Å². The zero-order valence-electron chi connectivity index (χ0n) is 11.0. The van der Waals surface area contributed by atoms with Gasteiger partial charge in [0.25, 0.3) is 0 Å². The van der Waals surface area contributed by atoms with E-state index in [1.807, 2.05) is 0 Å². The SMILES string of the molecule is CC(C)(C=O)c1cc(O)c(C(C)(C)C=O)cc1O. The number of hydrogen-bond acceptors (Lipinski definition) is 4. The molecule has 1 aromatic carbocycles. The molecule has 0 atom stereocenters. The summed E-state index contributed by atoms with van der Waals surface area (Å²) in [6.45, 7) is 6.55. The van der Waals surface area contributed by atoms with Crippen LogP contribution < -0.4 is 0 Å². The van der Waals surface area contributed by atoms with E-state index in [9.17, 15) is 19.8 Å². The normalized spacial score (nSPS) is 12.2. The minimum absolute atomic E-state index is 0.102. The van der Waals surface area contributed by atoms with Crippen LogP contribution in [0.3, 0.4) is 0 Å². The van der Waals surface area contributed by atoms with Gasteiger partial charge >= 0.3 is 0 Å². The number of aldehydes is 2. The van der Waals surface area contributed by atoms with Crippen molar-refractivity contribution in [2.75, 3.05) is 0 Å². The van der Waals surface area contributed by atoms with E-state index >= 15 is 0 Å². The van der Waals surface area contributed by atoms with E-state index in [4.69, 9.17) is 0 Å². The Kier molecular flexibility index (Phi) is 3.51. The second kappa shape index (κ2) is 4.44. The van der Waals surface area contributed by atoms with Gasteiger partial charge in [0, 0.05) is 22.0 Å². The zero-order valence-corrected chi connectivity index (χ0v) is 11.0. The summed E-state index contributed by atoms with van der Waals surface area (Å²) < 4.78 is 0. The third-order valence-corrected chi connectivity index (χ3v) is 3.09. The Bertz CT molecular complexity index is 441. The van der Waals surface area contributed by atoms with Gasteiger partial charge in [-0.25, -0.2) is 0 Å². The largest absolute Gasteiger partial charge is 0.508 e. The van der Waals surface area contributed by atoms with Crippen LogP contribution in [0.5, 0.6) is 11.5 Å². The molecule has 0 aliphatic rings. The standard InChI is InChI=1S/C14H18O4/c1-13(2,7-15)9-5-12(18)10(6-11(9)17)14(3,4)8-16/h5-8,17-18H,1-4H3. The maximum atomic E-state index is 11.0. The number of carbonyl (C=O) groups is 2. The van der Waals surface area contributed by atoms with Gasteiger partial charge in [0.05, 0.1) is 0 Å². The van der Waals surface area contributed by atoms with Gasteiger partial charge < -0.3 is 19.8 Å². The van der Waals surface area contributed by atoms with Crippen LogP contribution in [0.2, 0.25) is 0 Å². The lowest BCUT2D eigenvalue weighted by Crippen LogP contribution is -2.22. The van der Waals surface area contributed by atoms with Gasteiger partial charge in [-0.3, -0.25) is 0 Å². The molecule has 0 spiro atoms. The van der Waals surface area contributed by atoms with Crippen molar-refractivity contribution in [3.05, 3.63) is 23.3 Å². The highest BCUT2D eigenvalue weighted by Crippen LogP contribution is 2.39. The van der Waals surface area contributed by atoms with Gasteiger partial charge in [-0.1, -0.05) is 0 Å². The molecular weight excluding hydrogens is 232 g/mol. The highest BCUT2D eigenvalue weighted by atomic mass is 16.3.